The van der Waals surface area contributed by atoms with E-state index >= 15 is 0 Å². The molecule has 2 aliphatic rings. The van der Waals surface area contributed by atoms with Gasteiger partial charge < -0.3 is 20.4 Å². The van der Waals surface area contributed by atoms with Gasteiger partial charge in [0.2, 0.25) is 0 Å². The summed E-state index contributed by atoms with van der Waals surface area (Å²) in [6.45, 7) is 3.27. The second-order valence-electron chi connectivity index (χ2n) is 8.64. The second kappa shape index (κ2) is 9.08. The quantitative estimate of drug-likeness (QED) is 0.303. The number of nitrogens with two attached hydrogens (primary N) is 1. The highest BCUT2D eigenvalue weighted by Crippen LogP contribution is 2.34. The molecule has 0 bridgehead atoms. The number of amides is 1. The van der Waals surface area contributed by atoms with Crippen LogP contribution in [0.15, 0.2) is 59.0 Å². The van der Waals surface area contributed by atoms with E-state index < -0.39 is 0 Å². The zero-order valence-electron chi connectivity index (χ0n) is 18.5. The van der Waals surface area contributed by atoms with Crippen LogP contribution < -0.4 is 11.1 Å². The number of likely N-dealkylation sites (tertiary alicyclic amines) is 1. The third-order valence-corrected chi connectivity index (χ3v) is 6.34. The number of rotatable bonds is 7. The van der Waals surface area contributed by atoms with Crippen LogP contribution in [0.2, 0.25) is 0 Å². The second-order valence-corrected chi connectivity index (χ2v) is 8.64. The molecule has 0 radical (unpaired) electrons. The Hall–Kier alpha value is -3.64. The molecule has 3 heterocycles. The summed E-state index contributed by atoms with van der Waals surface area (Å²) in [6, 6.07) is 16.6. The number of para-hydroxylation sites is 1. The van der Waals surface area contributed by atoms with Crippen LogP contribution in [0.3, 0.4) is 0 Å². The van der Waals surface area contributed by atoms with Gasteiger partial charge in [0, 0.05) is 34.5 Å². The fourth-order valence-electron chi connectivity index (χ4n) is 4.57. The van der Waals surface area contributed by atoms with Gasteiger partial charge in [-0.3, -0.25) is 9.59 Å². The van der Waals surface area contributed by atoms with Crippen molar-refractivity contribution >= 4 is 34.7 Å². The standard InChI is InChI=1S/C27H27N3O3/c28-23-16-18(25(31)8-5-15-30-13-3-4-14-30)9-11-21(23)26-12-10-19(33-26)17-22-20-6-1-2-7-24(20)29-27(22)32/h1-2,6-7,9-12,16-17H,3-5,8,13-15,28H2,(H,29,32)/b22-17+. The molecule has 1 aromatic heterocycles. The third-order valence-electron chi connectivity index (χ3n) is 6.34. The third kappa shape index (κ3) is 4.47. The van der Waals surface area contributed by atoms with Gasteiger partial charge in [-0.2, -0.15) is 0 Å². The molecule has 0 spiro atoms. The molecule has 168 valence electrons. The molecule has 0 aliphatic carbocycles. The van der Waals surface area contributed by atoms with Crippen molar-refractivity contribution < 1.29 is 14.0 Å². The Bertz CT molecular complexity index is 1230. The number of hydrogen-bond donors (Lipinski definition) is 2. The first-order valence-electron chi connectivity index (χ1n) is 11.5. The van der Waals surface area contributed by atoms with E-state index in [1.165, 1.54) is 12.8 Å². The van der Waals surface area contributed by atoms with Gasteiger partial charge in [-0.1, -0.05) is 24.3 Å². The Labute approximate surface area is 193 Å². The van der Waals surface area contributed by atoms with Crippen molar-refractivity contribution in [2.24, 2.45) is 0 Å². The summed E-state index contributed by atoms with van der Waals surface area (Å²) in [7, 11) is 0. The van der Waals surface area contributed by atoms with Gasteiger partial charge in [0.25, 0.3) is 5.91 Å². The summed E-state index contributed by atoms with van der Waals surface area (Å²) in [4.78, 5) is 27.4. The molecule has 0 saturated carbocycles. The van der Waals surface area contributed by atoms with Gasteiger partial charge in [-0.25, -0.2) is 0 Å². The van der Waals surface area contributed by atoms with Gasteiger partial charge in [0.15, 0.2) is 5.78 Å². The maximum absolute atomic E-state index is 12.6. The van der Waals surface area contributed by atoms with Gasteiger partial charge in [0.05, 0.1) is 5.57 Å². The highest BCUT2D eigenvalue weighted by atomic mass is 16.3. The zero-order valence-corrected chi connectivity index (χ0v) is 18.5. The zero-order chi connectivity index (χ0) is 22.8. The molecule has 3 aromatic rings. The number of carbonyl (C=O) groups excluding carboxylic acids is 2. The van der Waals surface area contributed by atoms with E-state index in [0.29, 0.717) is 34.8 Å². The Balaban J connectivity index is 1.29. The number of anilines is 2. The molecule has 0 unspecified atom stereocenters. The number of benzene rings is 2. The molecule has 6 heteroatoms. The number of nitrogens with one attached hydrogen (secondary N) is 1. The lowest BCUT2D eigenvalue weighted by Crippen LogP contribution is -2.21. The molecule has 1 fully saturated rings. The van der Waals surface area contributed by atoms with Crippen LogP contribution in [-0.4, -0.2) is 36.2 Å². The number of hydrogen-bond acceptors (Lipinski definition) is 5. The molecule has 2 aromatic carbocycles. The molecule has 6 nitrogen and oxygen atoms in total. The lowest BCUT2D eigenvalue weighted by molar-refractivity contribution is -0.110. The molecule has 3 N–H and O–H groups in total. The lowest BCUT2D eigenvalue weighted by Gasteiger charge is -2.13. The molecule has 2 aliphatic heterocycles. The summed E-state index contributed by atoms with van der Waals surface area (Å²) in [6.07, 6.45) is 5.65. The van der Waals surface area contributed by atoms with E-state index in [-0.39, 0.29) is 11.7 Å². The topological polar surface area (TPSA) is 88.6 Å². The Morgan fingerprint density at radius 3 is 2.70 bits per heavy atom. The van der Waals surface area contributed by atoms with Crippen molar-refractivity contribution in [2.75, 3.05) is 30.7 Å². The summed E-state index contributed by atoms with van der Waals surface area (Å²) in [5.41, 5.74) is 10.3. The Kier molecular flexibility index (Phi) is 5.84. The molecular weight excluding hydrogens is 414 g/mol. The number of fused-ring (bicyclic) bond motifs is 1. The molecule has 33 heavy (non-hydrogen) atoms. The molecular formula is C27H27N3O3. The van der Waals surface area contributed by atoms with E-state index in [4.69, 9.17) is 10.2 Å². The molecule has 0 atom stereocenters. The summed E-state index contributed by atoms with van der Waals surface area (Å²) < 4.78 is 5.97. The van der Waals surface area contributed by atoms with Crippen LogP contribution in [0.5, 0.6) is 0 Å². The van der Waals surface area contributed by atoms with Gasteiger partial charge >= 0.3 is 0 Å². The SMILES string of the molecule is Nc1cc(C(=O)CCCN2CCCC2)ccc1-c1ccc(/C=C2/C(=O)Nc3ccccc32)o1. The normalized spacial score (nSPS) is 16.8. The first-order chi connectivity index (χ1) is 16.1. The number of furan rings is 1. The molecule has 1 amide bonds. The van der Waals surface area contributed by atoms with E-state index in [0.717, 1.165) is 42.9 Å². The largest absolute Gasteiger partial charge is 0.457 e. The number of nitrogen functional groups attached to an aromatic ring is 1. The molecule has 5 rings (SSSR count). The average Bonchev–Trinajstić information content (AvgIpc) is 3.55. The minimum Gasteiger partial charge on any atom is -0.457 e. The van der Waals surface area contributed by atoms with E-state index in [1.54, 1.807) is 12.1 Å². The fraction of sp³-hybridized carbons (Fsp3) is 0.259. The van der Waals surface area contributed by atoms with Crippen LogP contribution >= 0.6 is 0 Å². The fourth-order valence-corrected chi connectivity index (χ4v) is 4.57. The Morgan fingerprint density at radius 1 is 1.06 bits per heavy atom. The van der Waals surface area contributed by atoms with Crippen LogP contribution in [0.1, 0.15) is 47.4 Å². The first-order valence-corrected chi connectivity index (χ1v) is 11.5. The van der Waals surface area contributed by atoms with Crippen molar-refractivity contribution in [3.8, 4) is 11.3 Å². The maximum atomic E-state index is 12.6. The number of ketones is 1. The average molecular weight is 442 g/mol. The summed E-state index contributed by atoms with van der Waals surface area (Å²) in [5.74, 6) is 1.12. The summed E-state index contributed by atoms with van der Waals surface area (Å²) >= 11 is 0. The van der Waals surface area contributed by atoms with Crippen LogP contribution in [0, 0.1) is 0 Å². The van der Waals surface area contributed by atoms with Gasteiger partial charge in [-0.05, 0) is 75.3 Å². The Morgan fingerprint density at radius 2 is 1.88 bits per heavy atom. The predicted molar refractivity (Wildman–Crippen MR) is 131 cm³/mol. The van der Waals surface area contributed by atoms with Crippen molar-refractivity contribution in [1.29, 1.82) is 0 Å². The van der Waals surface area contributed by atoms with Crippen LogP contribution in [-0.2, 0) is 4.79 Å². The number of carbonyl (C=O) groups is 2. The van der Waals surface area contributed by atoms with Crippen molar-refractivity contribution in [2.45, 2.75) is 25.7 Å². The van der Waals surface area contributed by atoms with E-state index in [9.17, 15) is 9.59 Å². The van der Waals surface area contributed by atoms with Crippen LogP contribution in [0.4, 0.5) is 11.4 Å². The minimum absolute atomic E-state index is 0.114. The first kappa shape index (κ1) is 21.2. The maximum Gasteiger partial charge on any atom is 0.256 e. The highest BCUT2D eigenvalue weighted by molar-refractivity contribution is 6.34. The number of nitrogens with zero attached hydrogens (tertiary/aromatic N) is 1. The highest BCUT2D eigenvalue weighted by Gasteiger charge is 2.24. The van der Waals surface area contributed by atoms with E-state index in [1.807, 2.05) is 48.5 Å². The van der Waals surface area contributed by atoms with Gasteiger partial charge in [-0.15, -0.1) is 0 Å². The summed E-state index contributed by atoms with van der Waals surface area (Å²) in [5, 5.41) is 2.86. The smallest absolute Gasteiger partial charge is 0.256 e. The monoisotopic (exact) mass is 441 g/mol. The van der Waals surface area contributed by atoms with Crippen molar-refractivity contribution in [1.82, 2.24) is 4.90 Å². The van der Waals surface area contributed by atoms with Crippen molar-refractivity contribution in [3.63, 3.8) is 0 Å². The molecule has 1 saturated heterocycles. The van der Waals surface area contributed by atoms with Crippen molar-refractivity contribution in [3.05, 3.63) is 71.5 Å². The minimum atomic E-state index is -0.152. The number of Topliss-reactive ketones (excluding diaryl/α,β-unsaturated/α-hetero) is 1. The van der Waals surface area contributed by atoms with Gasteiger partial charge in [0.1, 0.15) is 11.5 Å². The predicted octanol–water partition coefficient (Wildman–Crippen LogP) is 5.08. The van der Waals surface area contributed by atoms with E-state index in [2.05, 4.69) is 10.2 Å². The lowest BCUT2D eigenvalue weighted by atomic mass is 10.0. The van der Waals surface area contributed by atoms with Crippen LogP contribution in [0.25, 0.3) is 23.0 Å².